The van der Waals surface area contributed by atoms with E-state index < -0.39 is 11.8 Å². The van der Waals surface area contributed by atoms with Gasteiger partial charge in [-0.15, -0.1) is 0 Å². The fourth-order valence-electron chi connectivity index (χ4n) is 6.15. The Kier molecular flexibility index (Phi) is 7.21. The van der Waals surface area contributed by atoms with E-state index in [0.29, 0.717) is 60.5 Å². The molecule has 1 aliphatic rings. The number of carboxylic acids is 1. The monoisotopic (exact) mass is 558 g/mol. The molecule has 0 spiro atoms. The maximum Gasteiger partial charge on any atom is 0.352 e. The third-order valence-electron chi connectivity index (χ3n) is 7.97. The lowest BCUT2D eigenvalue weighted by molar-refractivity contribution is 0.0684. The second-order valence-corrected chi connectivity index (χ2v) is 10.8. The van der Waals surface area contributed by atoms with Crippen LogP contribution >= 0.6 is 0 Å². The lowest BCUT2D eigenvalue weighted by atomic mass is 9.97. The van der Waals surface area contributed by atoms with Gasteiger partial charge in [0.1, 0.15) is 23.1 Å². The van der Waals surface area contributed by atoms with Crippen LogP contribution in [0.1, 0.15) is 46.7 Å². The number of aryl methyl sites for hydroxylation is 3. The highest BCUT2D eigenvalue weighted by Crippen LogP contribution is 2.40. The standard InChI is InChI=1S/C32H32F2N4O3/c1-19-28-26(36-35-19)18-37(2)14-3-4-15-38-30-24(12-13-25(34)29(28)30)23(31(38)32(39)40)8-6-16-41-27-9-5-7-20-17-21(33)10-11-22(20)27/h5,7,9-13,17H,3-4,6,8,14-16,18H2,1-2H3,(H,35,36)(H,39,40). The molecule has 0 radical (unpaired) electrons. The summed E-state index contributed by atoms with van der Waals surface area (Å²) in [5.74, 6) is -1.09. The molecule has 9 heteroatoms. The van der Waals surface area contributed by atoms with Crippen LogP contribution < -0.4 is 4.74 Å². The Hall–Kier alpha value is -4.24. The van der Waals surface area contributed by atoms with Crippen molar-refractivity contribution >= 4 is 27.6 Å². The van der Waals surface area contributed by atoms with Gasteiger partial charge in [-0.1, -0.05) is 12.1 Å². The highest BCUT2D eigenvalue weighted by atomic mass is 19.1. The third kappa shape index (κ3) is 4.95. The lowest BCUT2D eigenvalue weighted by Crippen LogP contribution is -2.20. The van der Waals surface area contributed by atoms with Crippen LogP contribution in [0.3, 0.4) is 0 Å². The molecule has 0 bridgehead atoms. The zero-order chi connectivity index (χ0) is 28.7. The predicted octanol–water partition coefficient (Wildman–Crippen LogP) is 6.71. The van der Waals surface area contributed by atoms with Crippen molar-refractivity contribution < 1.29 is 23.4 Å². The number of nitrogens with one attached hydrogen (secondary N) is 1. The molecule has 0 fully saturated rings. The highest BCUT2D eigenvalue weighted by molar-refractivity contribution is 6.04. The van der Waals surface area contributed by atoms with E-state index in [0.717, 1.165) is 46.9 Å². The smallest absolute Gasteiger partial charge is 0.352 e. The zero-order valence-electron chi connectivity index (χ0n) is 23.1. The Morgan fingerprint density at radius 2 is 1.88 bits per heavy atom. The predicted molar refractivity (Wildman–Crippen MR) is 154 cm³/mol. The number of carbonyl (C=O) groups is 1. The summed E-state index contributed by atoms with van der Waals surface area (Å²) >= 11 is 0. The van der Waals surface area contributed by atoms with Gasteiger partial charge in [0.05, 0.1) is 17.8 Å². The molecule has 0 unspecified atom stereocenters. The molecule has 212 valence electrons. The summed E-state index contributed by atoms with van der Waals surface area (Å²) in [5.41, 5.74) is 4.05. The number of benzene rings is 3. The Morgan fingerprint density at radius 3 is 2.71 bits per heavy atom. The molecule has 41 heavy (non-hydrogen) atoms. The second kappa shape index (κ2) is 11.0. The SMILES string of the molecule is Cc1[nH]nc2c1-c1c(F)ccc3c(CCCOc4cccc5cc(F)ccc45)c(C(=O)O)n(c13)CCCCN(C)C2. The van der Waals surface area contributed by atoms with Gasteiger partial charge in [-0.25, -0.2) is 13.6 Å². The number of carboxylic acid groups (broad SMARTS) is 1. The molecule has 5 aromatic rings. The number of halogens is 2. The van der Waals surface area contributed by atoms with Crippen molar-refractivity contribution in [1.29, 1.82) is 0 Å². The molecule has 6 rings (SSSR count). The number of aromatic nitrogens is 3. The number of hydrogen-bond acceptors (Lipinski definition) is 4. The van der Waals surface area contributed by atoms with Gasteiger partial charge in [0, 0.05) is 40.7 Å². The van der Waals surface area contributed by atoms with Gasteiger partial charge < -0.3 is 19.3 Å². The van der Waals surface area contributed by atoms with Crippen LogP contribution in [0.15, 0.2) is 48.5 Å². The molecule has 2 N–H and O–H groups in total. The van der Waals surface area contributed by atoms with Gasteiger partial charge in [-0.2, -0.15) is 5.10 Å². The first-order valence-electron chi connectivity index (χ1n) is 13.9. The molecule has 2 aromatic heterocycles. The van der Waals surface area contributed by atoms with Crippen LogP contribution in [0.2, 0.25) is 0 Å². The van der Waals surface area contributed by atoms with Crippen LogP contribution in [0, 0.1) is 18.6 Å². The molecule has 0 saturated heterocycles. The molecule has 0 saturated carbocycles. The molecule has 3 aromatic carbocycles. The van der Waals surface area contributed by atoms with E-state index >= 15 is 4.39 Å². The van der Waals surface area contributed by atoms with E-state index in [4.69, 9.17) is 4.74 Å². The zero-order valence-corrected chi connectivity index (χ0v) is 23.1. The summed E-state index contributed by atoms with van der Waals surface area (Å²) in [6.07, 6.45) is 2.62. The number of aromatic amines is 1. The fraction of sp³-hybridized carbons (Fsp3) is 0.312. The Labute approximate surface area is 236 Å². The summed E-state index contributed by atoms with van der Waals surface area (Å²) in [4.78, 5) is 14.9. The maximum atomic E-state index is 15.7. The van der Waals surface area contributed by atoms with Gasteiger partial charge in [-0.05, 0) is 93.5 Å². The van der Waals surface area contributed by atoms with E-state index in [1.165, 1.54) is 18.2 Å². The number of fused-ring (bicyclic) bond motifs is 3. The van der Waals surface area contributed by atoms with Gasteiger partial charge >= 0.3 is 5.97 Å². The van der Waals surface area contributed by atoms with Crippen molar-refractivity contribution in [3.8, 4) is 16.9 Å². The van der Waals surface area contributed by atoms with Gasteiger partial charge in [-0.3, -0.25) is 5.10 Å². The average Bonchev–Trinajstić information content (AvgIpc) is 3.44. The molecule has 7 nitrogen and oxygen atoms in total. The number of aromatic carboxylic acids is 1. The van der Waals surface area contributed by atoms with Crippen molar-refractivity contribution in [3.63, 3.8) is 0 Å². The van der Waals surface area contributed by atoms with E-state index in [1.54, 1.807) is 16.7 Å². The highest BCUT2D eigenvalue weighted by Gasteiger charge is 2.29. The van der Waals surface area contributed by atoms with Crippen molar-refractivity contribution in [1.82, 2.24) is 19.7 Å². The van der Waals surface area contributed by atoms with Gasteiger partial charge in [0.2, 0.25) is 0 Å². The summed E-state index contributed by atoms with van der Waals surface area (Å²) < 4.78 is 37.3. The van der Waals surface area contributed by atoms with Crippen molar-refractivity contribution in [2.45, 2.75) is 45.7 Å². The molecule has 0 amide bonds. The Bertz CT molecular complexity index is 1770. The number of hydrogen-bond donors (Lipinski definition) is 2. The molecule has 3 heterocycles. The number of nitrogens with zero attached hydrogens (tertiary/aromatic N) is 3. The van der Waals surface area contributed by atoms with Crippen molar-refractivity contribution in [2.75, 3.05) is 20.2 Å². The largest absolute Gasteiger partial charge is 0.493 e. The van der Waals surface area contributed by atoms with Crippen molar-refractivity contribution in [3.05, 3.63) is 82.8 Å². The van der Waals surface area contributed by atoms with Crippen LogP contribution in [0.5, 0.6) is 5.75 Å². The van der Waals surface area contributed by atoms with Gasteiger partial charge in [0.25, 0.3) is 0 Å². The van der Waals surface area contributed by atoms with E-state index in [-0.39, 0.29) is 11.5 Å². The maximum absolute atomic E-state index is 15.7. The van der Waals surface area contributed by atoms with Crippen LogP contribution in [0.4, 0.5) is 8.78 Å². The molecular formula is C32H32F2N4O3. The van der Waals surface area contributed by atoms with E-state index in [1.807, 2.05) is 32.2 Å². The molecular weight excluding hydrogens is 526 g/mol. The summed E-state index contributed by atoms with van der Waals surface area (Å²) in [5, 5.41) is 20.3. The topological polar surface area (TPSA) is 83.4 Å². The van der Waals surface area contributed by atoms with Gasteiger partial charge in [0.15, 0.2) is 0 Å². The number of ether oxygens (including phenoxy) is 1. The molecule has 0 aliphatic carbocycles. The second-order valence-electron chi connectivity index (χ2n) is 10.8. The summed E-state index contributed by atoms with van der Waals surface area (Å²) in [6.45, 7) is 4.06. The van der Waals surface area contributed by atoms with E-state index in [2.05, 4.69) is 15.1 Å². The number of rotatable bonds is 6. The lowest BCUT2D eigenvalue weighted by Gasteiger charge is -2.16. The number of H-pyrrole nitrogens is 1. The Morgan fingerprint density at radius 1 is 1.07 bits per heavy atom. The fourth-order valence-corrected chi connectivity index (χ4v) is 6.15. The first-order chi connectivity index (χ1) is 19.8. The van der Waals surface area contributed by atoms with Crippen molar-refractivity contribution in [2.24, 2.45) is 0 Å². The molecule has 0 atom stereocenters. The average molecular weight is 559 g/mol. The first kappa shape index (κ1) is 27.0. The quantitative estimate of drug-likeness (QED) is 0.227. The molecule has 1 aliphatic heterocycles. The summed E-state index contributed by atoms with van der Waals surface area (Å²) in [7, 11) is 2.02. The Balaban J connectivity index is 1.40. The van der Waals surface area contributed by atoms with Crippen LogP contribution in [-0.4, -0.2) is 50.9 Å². The minimum atomic E-state index is -1.03. The minimum Gasteiger partial charge on any atom is -0.493 e. The first-order valence-corrected chi connectivity index (χ1v) is 13.9. The van der Waals surface area contributed by atoms with Crippen LogP contribution in [-0.2, 0) is 19.5 Å². The normalized spacial score (nSPS) is 14.2. The third-order valence-corrected chi connectivity index (χ3v) is 7.97. The van der Waals surface area contributed by atoms with Crippen LogP contribution in [0.25, 0.3) is 32.8 Å². The summed E-state index contributed by atoms with van der Waals surface area (Å²) in [6, 6.07) is 13.2. The minimum absolute atomic E-state index is 0.197. The van der Waals surface area contributed by atoms with E-state index in [9.17, 15) is 14.3 Å².